The quantitative estimate of drug-likeness (QED) is 0.892. The normalized spacial score (nSPS) is 13.5. The fourth-order valence-electron chi connectivity index (χ4n) is 2.85. The third-order valence-corrected chi connectivity index (χ3v) is 3.93. The van der Waals surface area contributed by atoms with E-state index in [0.29, 0.717) is 18.8 Å². The summed E-state index contributed by atoms with van der Waals surface area (Å²) in [4.78, 5) is 12.3. The molecule has 116 valence electrons. The van der Waals surface area contributed by atoms with Crippen molar-refractivity contribution in [3.8, 4) is 5.75 Å². The smallest absolute Gasteiger partial charge is 0.272 e. The number of benzene rings is 1. The predicted molar refractivity (Wildman–Crippen MR) is 84.0 cm³/mol. The Morgan fingerprint density at radius 1 is 1.36 bits per heavy atom. The van der Waals surface area contributed by atoms with Gasteiger partial charge in [0.1, 0.15) is 5.75 Å². The van der Waals surface area contributed by atoms with E-state index in [1.165, 1.54) is 6.42 Å². The zero-order chi connectivity index (χ0) is 15.4. The number of carbonyl (C=O) groups excluding carboxylic acids is 1. The minimum atomic E-state index is -0.110. The number of rotatable bonds is 5. The van der Waals surface area contributed by atoms with Crippen LogP contribution in [0.15, 0.2) is 24.3 Å². The standard InChI is InChI=1S/C17H21N3O2/c1-2-22-13-7-5-6-12(10-13)11-18-17(21)16-14-8-3-4-9-15(14)19-20-16/h5-7,10H,2-4,8-9,11H2,1H3,(H,18,21)(H,19,20). The zero-order valence-electron chi connectivity index (χ0n) is 12.8. The number of amides is 1. The number of hydrogen-bond donors (Lipinski definition) is 2. The van der Waals surface area contributed by atoms with Crippen molar-refractivity contribution in [2.24, 2.45) is 0 Å². The van der Waals surface area contributed by atoms with Crippen LogP contribution in [0.25, 0.3) is 0 Å². The van der Waals surface area contributed by atoms with Crippen LogP contribution < -0.4 is 10.1 Å². The van der Waals surface area contributed by atoms with E-state index in [-0.39, 0.29) is 5.91 Å². The maximum Gasteiger partial charge on any atom is 0.272 e. The molecule has 1 aliphatic carbocycles. The SMILES string of the molecule is CCOc1cccc(CNC(=O)c2n[nH]c3c2CCCC3)c1. The highest BCUT2D eigenvalue weighted by Gasteiger charge is 2.21. The molecule has 1 aromatic carbocycles. The van der Waals surface area contributed by atoms with E-state index < -0.39 is 0 Å². The van der Waals surface area contributed by atoms with Crippen LogP contribution >= 0.6 is 0 Å². The topological polar surface area (TPSA) is 67.0 Å². The molecular weight excluding hydrogens is 278 g/mol. The van der Waals surface area contributed by atoms with E-state index in [1.54, 1.807) is 0 Å². The van der Waals surface area contributed by atoms with E-state index in [4.69, 9.17) is 4.74 Å². The van der Waals surface area contributed by atoms with Crippen molar-refractivity contribution in [1.82, 2.24) is 15.5 Å². The van der Waals surface area contributed by atoms with Crippen LogP contribution in [0.3, 0.4) is 0 Å². The summed E-state index contributed by atoms with van der Waals surface area (Å²) in [6, 6.07) is 7.77. The summed E-state index contributed by atoms with van der Waals surface area (Å²) in [5, 5.41) is 10.1. The molecule has 0 unspecified atom stereocenters. The Bertz CT molecular complexity index is 664. The summed E-state index contributed by atoms with van der Waals surface area (Å²) in [7, 11) is 0. The van der Waals surface area contributed by atoms with Gasteiger partial charge in [-0.2, -0.15) is 5.10 Å². The van der Waals surface area contributed by atoms with Crippen LogP contribution in [0.4, 0.5) is 0 Å². The first-order chi connectivity index (χ1) is 10.8. The van der Waals surface area contributed by atoms with Gasteiger partial charge in [-0.1, -0.05) is 12.1 Å². The third kappa shape index (κ3) is 3.13. The van der Waals surface area contributed by atoms with Crippen LogP contribution in [0, 0.1) is 0 Å². The Morgan fingerprint density at radius 2 is 2.23 bits per heavy atom. The maximum atomic E-state index is 12.3. The van der Waals surface area contributed by atoms with Gasteiger partial charge in [-0.25, -0.2) is 0 Å². The van der Waals surface area contributed by atoms with Gasteiger partial charge < -0.3 is 10.1 Å². The number of fused-ring (bicyclic) bond motifs is 1. The number of nitrogens with zero attached hydrogens (tertiary/aromatic N) is 1. The molecule has 1 aliphatic rings. The molecule has 0 fully saturated rings. The molecule has 0 saturated carbocycles. The van der Waals surface area contributed by atoms with E-state index in [2.05, 4.69) is 15.5 Å². The van der Waals surface area contributed by atoms with Gasteiger partial charge in [0.25, 0.3) is 5.91 Å². The lowest BCUT2D eigenvalue weighted by atomic mass is 9.96. The van der Waals surface area contributed by atoms with Crippen LogP contribution in [0.1, 0.15) is 47.1 Å². The number of aromatic amines is 1. The van der Waals surface area contributed by atoms with E-state index in [1.807, 2.05) is 31.2 Å². The number of nitrogens with one attached hydrogen (secondary N) is 2. The second-order valence-electron chi connectivity index (χ2n) is 5.50. The van der Waals surface area contributed by atoms with Gasteiger partial charge in [-0.3, -0.25) is 9.89 Å². The number of carbonyl (C=O) groups is 1. The number of ether oxygens (including phenoxy) is 1. The number of aryl methyl sites for hydroxylation is 1. The number of H-pyrrole nitrogens is 1. The van der Waals surface area contributed by atoms with Gasteiger partial charge >= 0.3 is 0 Å². The Labute approximate surface area is 130 Å². The lowest BCUT2D eigenvalue weighted by molar-refractivity contribution is 0.0944. The molecule has 22 heavy (non-hydrogen) atoms. The molecule has 5 nitrogen and oxygen atoms in total. The minimum Gasteiger partial charge on any atom is -0.494 e. The van der Waals surface area contributed by atoms with Crippen LogP contribution in [-0.4, -0.2) is 22.7 Å². The number of aromatic nitrogens is 2. The molecule has 0 spiro atoms. The minimum absolute atomic E-state index is 0.110. The van der Waals surface area contributed by atoms with Gasteiger partial charge in [0.2, 0.25) is 0 Å². The third-order valence-electron chi connectivity index (χ3n) is 3.93. The van der Waals surface area contributed by atoms with E-state index in [9.17, 15) is 4.79 Å². The van der Waals surface area contributed by atoms with Crippen LogP contribution in [0.5, 0.6) is 5.75 Å². The van der Waals surface area contributed by atoms with Crippen LogP contribution in [0.2, 0.25) is 0 Å². The lowest BCUT2D eigenvalue weighted by Gasteiger charge is -2.11. The van der Waals surface area contributed by atoms with Gasteiger partial charge in [-0.05, 0) is 50.3 Å². The first-order valence-electron chi connectivity index (χ1n) is 7.84. The van der Waals surface area contributed by atoms with Crippen LogP contribution in [-0.2, 0) is 19.4 Å². The molecule has 1 aromatic heterocycles. The molecule has 1 heterocycles. The fourth-order valence-corrected chi connectivity index (χ4v) is 2.85. The first kappa shape index (κ1) is 14.6. The Balaban J connectivity index is 1.65. The van der Waals surface area contributed by atoms with Crippen molar-refractivity contribution in [1.29, 1.82) is 0 Å². The molecule has 5 heteroatoms. The Morgan fingerprint density at radius 3 is 3.09 bits per heavy atom. The predicted octanol–water partition coefficient (Wildman–Crippen LogP) is 2.62. The highest BCUT2D eigenvalue weighted by Crippen LogP contribution is 2.22. The summed E-state index contributed by atoms with van der Waals surface area (Å²) in [5.74, 6) is 0.715. The second kappa shape index (κ2) is 6.64. The number of hydrogen-bond acceptors (Lipinski definition) is 3. The molecule has 0 bridgehead atoms. The van der Waals surface area contributed by atoms with Gasteiger partial charge in [0.15, 0.2) is 5.69 Å². The highest BCUT2D eigenvalue weighted by atomic mass is 16.5. The zero-order valence-corrected chi connectivity index (χ0v) is 12.8. The Kier molecular flexibility index (Phi) is 4.42. The lowest BCUT2D eigenvalue weighted by Crippen LogP contribution is -2.24. The largest absolute Gasteiger partial charge is 0.494 e. The van der Waals surface area contributed by atoms with E-state index >= 15 is 0 Å². The van der Waals surface area contributed by atoms with E-state index in [0.717, 1.165) is 41.8 Å². The van der Waals surface area contributed by atoms with Crippen molar-refractivity contribution in [3.63, 3.8) is 0 Å². The molecule has 2 aromatic rings. The van der Waals surface area contributed by atoms with Gasteiger partial charge in [0.05, 0.1) is 6.61 Å². The molecule has 2 N–H and O–H groups in total. The molecular formula is C17H21N3O2. The molecule has 3 rings (SSSR count). The summed E-state index contributed by atoms with van der Waals surface area (Å²) in [6.07, 6.45) is 4.23. The van der Waals surface area contributed by atoms with Gasteiger partial charge in [0, 0.05) is 17.8 Å². The second-order valence-corrected chi connectivity index (χ2v) is 5.50. The molecule has 0 saturated heterocycles. The van der Waals surface area contributed by atoms with Gasteiger partial charge in [-0.15, -0.1) is 0 Å². The first-order valence-corrected chi connectivity index (χ1v) is 7.84. The summed E-state index contributed by atoms with van der Waals surface area (Å²) in [6.45, 7) is 3.06. The Hall–Kier alpha value is -2.30. The molecule has 0 radical (unpaired) electrons. The van der Waals surface area contributed by atoms with Crippen molar-refractivity contribution in [2.75, 3.05) is 6.61 Å². The van der Waals surface area contributed by atoms with Crippen molar-refractivity contribution in [2.45, 2.75) is 39.2 Å². The monoisotopic (exact) mass is 299 g/mol. The molecule has 0 atom stereocenters. The molecule has 1 amide bonds. The van der Waals surface area contributed by atoms with Crippen molar-refractivity contribution in [3.05, 3.63) is 46.8 Å². The molecule has 0 aliphatic heterocycles. The highest BCUT2D eigenvalue weighted by molar-refractivity contribution is 5.94. The average Bonchev–Trinajstić information content (AvgIpc) is 2.97. The summed E-state index contributed by atoms with van der Waals surface area (Å²) >= 11 is 0. The summed E-state index contributed by atoms with van der Waals surface area (Å²) in [5.41, 5.74) is 3.78. The fraction of sp³-hybridized carbons (Fsp3) is 0.412. The maximum absolute atomic E-state index is 12.3. The average molecular weight is 299 g/mol. The van der Waals surface area contributed by atoms with Crippen molar-refractivity contribution >= 4 is 5.91 Å². The van der Waals surface area contributed by atoms with Crippen molar-refractivity contribution < 1.29 is 9.53 Å². The summed E-state index contributed by atoms with van der Waals surface area (Å²) < 4.78 is 5.47.